The van der Waals surface area contributed by atoms with Crippen molar-refractivity contribution in [2.24, 2.45) is 0 Å². The van der Waals surface area contributed by atoms with Crippen LogP contribution in [0, 0.1) is 6.92 Å². The predicted octanol–water partition coefficient (Wildman–Crippen LogP) is 3.18. The van der Waals surface area contributed by atoms with Gasteiger partial charge in [-0.15, -0.1) is 11.3 Å². The lowest BCUT2D eigenvalue weighted by atomic mass is 10.3. The maximum Gasteiger partial charge on any atom is 0.150 e. The van der Waals surface area contributed by atoms with E-state index in [9.17, 15) is 0 Å². The molecule has 0 spiro atoms. The van der Waals surface area contributed by atoms with E-state index in [1.807, 2.05) is 31.2 Å². The number of anilines is 1. The van der Waals surface area contributed by atoms with E-state index >= 15 is 0 Å². The summed E-state index contributed by atoms with van der Waals surface area (Å²) >= 11 is 1.63. The number of para-hydroxylation sites is 2. The largest absolute Gasteiger partial charge is 0.397 e. The van der Waals surface area contributed by atoms with Crippen LogP contribution >= 0.6 is 11.3 Å². The van der Waals surface area contributed by atoms with E-state index in [1.165, 1.54) is 0 Å². The van der Waals surface area contributed by atoms with Crippen LogP contribution in [0.25, 0.3) is 21.7 Å². The summed E-state index contributed by atoms with van der Waals surface area (Å²) < 4.78 is 0. The lowest BCUT2D eigenvalue weighted by Crippen LogP contribution is -1.87. The van der Waals surface area contributed by atoms with Crippen LogP contribution in [0.1, 0.15) is 5.56 Å². The van der Waals surface area contributed by atoms with Crippen LogP contribution in [0.5, 0.6) is 0 Å². The summed E-state index contributed by atoms with van der Waals surface area (Å²) in [7, 11) is 0. The van der Waals surface area contributed by atoms with Crippen molar-refractivity contribution in [3.05, 3.63) is 35.2 Å². The normalized spacial score (nSPS) is 11.1. The van der Waals surface area contributed by atoms with Gasteiger partial charge >= 0.3 is 0 Å². The lowest BCUT2D eigenvalue weighted by molar-refractivity contribution is 1.35. The molecule has 0 amide bonds. The standard InChI is InChI=1S/C12H11N3S/c1-7-6-16-11(10(7)13)12-14-8-4-2-3-5-9(8)15-12/h2-6H,13H2,1H3,(H,14,15). The zero-order valence-corrected chi connectivity index (χ0v) is 9.64. The van der Waals surface area contributed by atoms with E-state index in [4.69, 9.17) is 5.73 Å². The molecule has 0 aliphatic heterocycles. The Labute approximate surface area is 96.9 Å². The minimum Gasteiger partial charge on any atom is -0.397 e. The number of nitrogen functional groups attached to an aromatic ring is 1. The van der Waals surface area contributed by atoms with Crippen LogP contribution in [0.4, 0.5) is 5.69 Å². The molecule has 3 nitrogen and oxygen atoms in total. The molecule has 1 aromatic carbocycles. The predicted molar refractivity (Wildman–Crippen MR) is 68.6 cm³/mol. The highest BCUT2D eigenvalue weighted by molar-refractivity contribution is 7.14. The zero-order valence-electron chi connectivity index (χ0n) is 8.82. The first kappa shape index (κ1) is 9.42. The van der Waals surface area contributed by atoms with Gasteiger partial charge < -0.3 is 10.7 Å². The van der Waals surface area contributed by atoms with Gasteiger partial charge in [0.2, 0.25) is 0 Å². The highest BCUT2D eigenvalue weighted by Crippen LogP contribution is 2.33. The maximum atomic E-state index is 6.01. The van der Waals surface area contributed by atoms with Crippen LogP contribution in [-0.2, 0) is 0 Å². The number of rotatable bonds is 1. The van der Waals surface area contributed by atoms with Crippen molar-refractivity contribution in [3.63, 3.8) is 0 Å². The molecule has 0 aliphatic rings. The zero-order chi connectivity index (χ0) is 11.1. The third-order valence-corrected chi connectivity index (χ3v) is 3.75. The van der Waals surface area contributed by atoms with Gasteiger partial charge in [0, 0.05) is 0 Å². The minimum atomic E-state index is 0.823. The third kappa shape index (κ3) is 1.31. The SMILES string of the molecule is Cc1csc(-c2nc3ccccc3[nH]2)c1N. The van der Waals surface area contributed by atoms with Crippen LogP contribution in [0.3, 0.4) is 0 Å². The molecule has 3 aromatic rings. The van der Waals surface area contributed by atoms with Crippen molar-refractivity contribution in [1.82, 2.24) is 9.97 Å². The number of hydrogen-bond acceptors (Lipinski definition) is 3. The number of nitrogens with one attached hydrogen (secondary N) is 1. The Hall–Kier alpha value is -1.81. The number of nitrogens with two attached hydrogens (primary N) is 1. The van der Waals surface area contributed by atoms with Crippen molar-refractivity contribution in [1.29, 1.82) is 0 Å². The van der Waals surface area contributed by atoms with Gasteiger partial charge in [0.25, 0.3) is 0 Å². The van der Waals surface area contributed by atoms with Crippen LogP contribution in [0.15, 0.2) is 29.6 Å². The number of benzene rings is 1. The number of hydrogen-bond donors (Lipinski definition) is 2. The van der Waals surface area contributed by atoms with Crippen molar-refractivity contribution >= 4 is 28.1 Å². The van der Waals surface area contributed by atoms with Crippen molar-refractivity contribution in [3.8, 4) is 10.7 Å². The molecule has 0 saturated heterocycles. The maximum absolute atomic E-state index is 6.01. The van der Waals surface area contributed by atoms with Crippen LogP contribution in [0.2, 0.25) is 0 Å². The smallest absolute Gasteiger partial charge is 0.150 e. The highest BCUT2D eigenvalue weighted by atomic mass is 32.1. The molecular weight excluding hydrogens is 218 g/mol. The molecule has 3 rings (SSSR count). The molecule has 3 N–H and O–H groups in total. The van der Waals surface area contributed by atoms with E-state index in [0.717, 1.165) is 33.0 Å². The third-order valence-electron chi connectivity index (χ3n) is 2.63. The van der Waals surface area contributed by atoms with Crippen molar-refractivity contribution in [2.45, 2.75) is 6.92 Å². The summed E-state index contributed by atoms with van der Waals surface area (Å²) in [6.45, 7) is 2.01. The van der Waals surface area contributed by atoms with Crippen LogP contribution in [-0.4, -0.2) is 9.97 Å². The van der Waals surface area contributed by atoms with Gasteiger partial charge in [-0.05, 0) is 30.0 Å². The summed E-state index contributed by atoms with van der Waals surface area (Å²) in [5, 5.41) is 2.05. The number of aryl methyl sites for hydroxylation is 1. The molecule has 0 bridgehead atoms. The summed E-state index contributed by atoms with van der Waals surface area (Å²) in [6, 6.07) is 7.98. The fraction of sp³-hybridized carbons (Fsp3) is 0.0833. The van der Waals surface area contributed by atoms with Crippen LogP contribution < -0.4 is 5.73 Å². The van der Waals surface area contributed by atoms with Gasteiger partial charge in [-0.2, -0.15) is 0 Å². The van der Waals surface area contributed by atoms with E-state index in [2.05, 4.69) is 15.3 Å². The van der Waals surface area contributed by atoms with Gasteiger partial charge in [0.15, 0.2) is 5.82 Å². The summed E-state index contributed by atoms with van der Waals surface area (Å²) in [6.07, 6.45) is 0. The molecule has 16 heavy (non-hydrogen) atoms. The molecular formula is C12H11N3S. The molecule has 0 atom stereocenters. The highest BCUT2D eigenvalue weighted by Gasteiger charge is 2.11. The first-order valence-electron chi connectivity index (χ1n) is 5.04. The molecule has 0 fully saturated rings. The van der Waals surface area contributed by atoms with Gasteiger partial charge in [-0.1, -0.05) is 12.1 Å². The lowest BCUT2D eigenvalue weighted by Gasteiger charge is -1.94. The molecule has 0 aliphatic carbocycles. The van der Waals surface area contributed by atoms with Gasteiger partial charge in [-0.3, -0.25) is 0 Å². The Balaban J connectivity index is 2.23. The molecule has 0 radical (unpaired) electrons. The Bertz CT molecular complexity index is 618. The Morgan fingerprint density at radius 1 is 1.31 bits per heavy atom. The number of aromatic nitrogens is 2. The van der Waals surface area contributed by atoms with E-state index in [0.29, 0.717) is 0 Å². The van der Waals surface area contributed by atoms with Crippen molar-refractivity contribution < 1.29 is 0 Å². The average Bonchev–Trinajstić information content (AvgIpc) is 2.84. The monoisotopic (exact) mass is 229 g/mol. The topological polar surface area (TPSA) is 54.7 Å². The first-order chi connectivity index (χ1) is 7.75. The molecule has 2 heterocycles. The summed E-state index contributed by atoms with van der Waals surface area (Å²) in [4.78, 5) is 8.84. The number of aromatic amines is 1. The second-order valence-electron chi connectivity index (χ2n) is 3.76. The van der Waals surface area contributed by atoms with Crippen molar-refractivity contribution in [2.75, 3.05) is 5.73 Å². The fourth-order valence-electron chi connectivity index (χ4n) is 1.70. The molecule has 80 valence electrons. The molecule has 4 heteroatoms. The first-order valence-corrected chi connectivity index (χ1v) is 5.92. The Morgan fingerprint density at radius 2 is 2.12 bits per heavy atom. The number of H-pyrrole nitrogens is 1. The molecule has 2 aromatic heterocycles. The molecule has 0 saturated carbocycles. The molecule has 0 unspecified atom stereocenters. The summed E-state index contributed by atoms with van der Waals surface area (Å²) in [5.74, 6) is 0.858. The quantitative estimate of drug-likeness (QED) is 0.673. The average molecular weight is 229 g/mol. The second kappa shape index (κ2) is 3.35. The van der Waals surface area contributed by atoms with E-state index in [-0.39, 0.29) is 0 Å². The fourth-order valence-corrected chi connectivity index (χ4v) is 2.61. The summed E-state index contributed by atoms with van der Waals surface area (Å²) in [5.41, 5.74) is 9.96. The number of nitrogens with zero attached hydrogens (tertiary/aromatic N) is 1. The van der Waals surface area contributed by atoms with E-state index in [1.54, 1.807) is 11.3 Å². The number of imidazole rings is 1. The van der Waals surface area contributed by atoms with E-state index < -0.39 is 0 Å². The second-order valence-corrected chi connectivity index (χ2v) is 4.64. The minimum absolute atomic E-state index is 0.823. The van der Waals surface area contributed by atoms with Gasteiger partial charge in [0.1, 0.15) is 0 Å². The Kier molecular flexibility index (Phi) is 1.97. The van der Waals surface area contributed by atoms with Gasteiger partial charge in [0.05, 0.1) is 21.6 Å². The number of thiophene rings is 1. The van der Waals surface area contributed by atoms with Gasteiger partial charge in [-0.25, -0.2) is 4.98 Å². The number of fused-ring (bicyclic) bond motifs is 1. The Morgan fingerprint density at radius 3 is 2.81 bits per heavy atom.